The monoisotopic (exact) mass is 314 g/mol. The van der Waals surface area contributed by atoms with Gasteiger partial charge in [-0.1, -0.05) is 6.58 Å². The maximum absolute atomic E-state index is 11.8. The van der Waals surface area contributed by atoms with Crippen LogP contribution < -0.4 is 0 Å². The lowest BCUT2D eigenvalue weighted by Gasteiger charge is -2.30. The molecule has 3 unspecified atom stereocenters. The molecular formula is C14H18O8. The predicted molar refractivity (Wildman–Crippen MR) is 71.5 cm³/mol. The quantitative estimate of drug-likeness (QED) is 0.419. The van der Waals surface area contributed by atoms with E-state index in [0.717, 1.165) is 0 Å². The molecule has 0 saturated heterocycles. The number of esters is 2. The van der Waals surface area contributed by atoms with Crippen LogP contribution in [-0.2, 0) is 28.7 Å². The summed E-state index contributed by atoms with van der Waals surface area (Å²) in [4.78, 5) is 45.1. The number of rotatable bonds is 6. The molecule has 0 aromatic rings. The molecule has 0 aromatic heterocycles. The zero-order valence-electron chi connectivity index (χ0n) is 12.1. The number of carbonyl (C=O) groups is 4. The molecule has 0 bridgehead atoms. The Labute approximate surface area is 126 Å². The van der Waals surface area contributed by atoms with Crippen molar-refractivity contribution in [3.63, 3.8) is 0 Å². The van der Waals surface area contributed by atoms with Gasteiger partial charge in [-0.3, -0.25) is 14.4 Å². The Kier molecular flexibility index (Phi) is 6.09. The van der Waals surface area contributed by atoms with Gasteiger partial charge in [0.1, 0.15) is 0 Å². The Morgan fingerprint density at radius 3 is 2.14 bits per heavy atom. The largest absolute Gasteiger partial charge is 0.481 e. The third-order valence-electron chi connectivity index (χ3n) is 3.56. The standard InChI is InChI=1S/C14H18O8/c1-7(2)13(19)21-6-22-14(20)8-3-4-9(11(15)16)10(5-8)12(17)18/h8-10H,1,3-6H2,2H3,(H,15,16)(H,17,18). The molecule has 2 N–H and O–H groups in total. The van der Waals surface area contributed by atoms with E-state index in [2.05, 4.69) is 11.3 Å². The predicted octanol–water partition coefficient (Wildman–Crippen LogP) is 0.808. The molecule has 22 heavy (non-hydrogen) atoms. The summed E-state index contributed by atoms with van der Waals surface area (Å²) in [5.41, 5.74) is 0.156. The summed E-state index contributed by atoms with van der Waals surface area (Å²) in [5.74, 6) is -6.71. The third kappa shape index (κ3) is 4.57. The van der Waals surface area contributed by atoms with Gasteiger partial charge in [-0.05, 0) is 26.2 Å². The molecule has 8 heteroatoms. The molecule has 122 valence electrons. The van der Waals surface area contributed by atoms with E-state index in [1.807, 2.05) is 0 Å². The van der Waals surface area contributed by atoms with E-state index in [1.54, 1.807) is 0 Å². The van der Waals surface area contributed by atoms with Crippen molar-refractivity contribution >= 4 is 23.9 Å². The summed E-state index contributed by atoms with van der Waals surface area (Å²) in [6, 6.07) is 0. The Morgan fingerprint density at radius 1 is 1.05 bits per heavy atom. The molecule has 0 aliphatic heterocycles. The topological polar surface area (TPSA) is 127 Å². The van der Waals surface area contributed by atoms with Crippen molar-refractivity contribution < 1.29 is 38.9 Å². The fourth-order valence-electron chi connectivity index (χ4n) is 2.34. The van der Waals surface area contributed by atoms with Crippen LogP contribution in [0.25, 0.3) is 0 Å². The van der Waals surface area contributed by atoms with Gasteiger partial charge >= 0.3 is 23.9 Å². The second kappa shape index (κ2) is 7.58. The SMILES string of the molecule is C=C(C)C(=O)OCOC(=O)C1CCC(C(=O)O)C(C(=O)O)C1. The summed E-state index contributed by atoms with van der Waals surface area (Å²) < 4.78 is 9.37. The fraction of sp³-hybridized carbons (Fsp3) is 0.571. The molecule has 1 aliphatic carbocycles. The molecule has 1 saturated carbocycles. The summed E-state index contributed by atoms with van der Waals surface area (Å²) in [6.45, 7) is 4.22. The number of ether oxygens (including phenoxy) is 2. The van der Waals surface area contributed by atoms with E-state index in [4.69, 9.17) is 14.9 Å². The second-order valence-corrected chi connectivity index (χ2v) is 5.19. The van der Waals surface area contributed by atoms with Gasteiger partial charge in [0.2, 0.25) is 6.79 Å². The van der Waals surface area contributed by atoms with E-state index in [-0.39, 0.29) is 24.8 Å². The van der Waals surface area contributed by atoms with E-state index in [0.29, 0.717) is 0 Å². The maximum atomic E-state index is 11.8. The number of carboxylic acid groups (broad SMARTS) is 2. The molecule has 0 spiro atoms. The maximum Gasteiger partial charge on any atom is 0.335 e. The molecule has 1 rings (SSSR count). The molecule has 0 amide bonds. The Hall–Kier alpha value is -2.38. The number of carbonyl (C=O) groups excluding carboxylic acids is 2. The van der Waals surface area contributed by atoms with E-state index >= 15 is 0 Å². The molecule has 0 heterocycles. The molecular weight excluding hydrogens is 296 g/mol. The van der Waals surface area contributed by atoms with Gasteiger partial charge in [-0.15, -0.1) is 0 Å². The van der Waals surface area contributed by atoms with Crippen molar-refractivity contribution in [1.82, 2.24) is 0 Å². The third-order valence-corrected chi connectivity index (χ3v) is 3.56. The molecule has 8 nitrogen and oxygen atoms in total. The van der Waals surface area contributed by atoms with E-state index < -0.39 is 48.4 Å². The molecule has 0 aromatic carbocycles. The Balaban J connectivity index is 2.54. The van der Waals surface area contributed by atoms with Crippen molar-refractivity contribution in [2.75, 3.05) is 6.79 Å². The van der Waals surface area contributed by atoms with Crippen LogP contribution in [0.1, 0.15) is 26.2 Å². The molecule has 3 atom stereocenters. The molecule has 1 fully saturated rings. The normalized spacial score (nSPS) is 24.1. The van der Waals surface area contributed by atoms with Crippen molar-refractivity contribution in [2.24, 2.45) is 17.8 Å². The number of aliphatic carboxylic acids is 2. The first-order chi connectivity index (χ1) is 10.2. The average molecular weight is 314 g/mol. The summed E-state index contributed by atoms with van der Waals surface area (Å²) in [5, 5.41) is 18.1. The van der Waals surface area contributed by atoms with Crippen LogP contribution in [0.3, 0.4) is 0 Å². The van der Waals surface area contributed by atoms with Gasteiger partial charge in [-0.25, -0.2) is 4.79 Å². The fourth-order valence-corrected chi connectivity index (χ4v) is 2.34. The van der Waals surface area contributed by atoms with Crippen LogP contribution in [0.2, 0.25) is 0 Å². The smallest absolute Gasteiger partial charge is 0.335 e. The first kappa shape index (κ1) is 17.7. The van der Waals surface area contributed by atoms with Crippen molar-refractivity contribution in [3.8, 4) is 0 Å². The highest BCUT2D eigenvalue weighted by atomic mass is 16.7. The summed E-state index contributed by atoms with van der Waals surface area (Å²) in [7, 11) is 0. The first-order valence-corrected chi connectivity index (χ1v) is 6.69. The summed E-state index contributed by atoms with van der Waals surface area (Å²) >= 11 is 0. The van der Waals surface area contributed by atoms with Crippen molar-refractivity contribution in [2.45, 2.75) is 26.2 Å². The van der Waals surface area contributed by atoms with Crippen LogP contribution >= 0.6 is 0 Å². The lowest BCUT2D eigenvalue weighted by molar-refractivity contribution is -0.171. The summed E-state index contributed by atoms with van der Waals surface area (Å²) in [6.07, 6.45) is 0.186. The zero-order valence-corrected chi connectivity index (χ0v) is 12.1. The van der Waals surface area contributed by atoms with Crippen LogP contribution in [0.5, 0.6) is 0 Å². The highest BCUT2D eigenvalue weighted by molar-refractivity contribution is 5.87. The van der Waals surface area contributed by atoms with E-state index in [1.165, 1.54) is 6.92 Å². The van der Waals surface area contributed by atoms with Crippen LogP contribution in [-0.4, -0.2) is 40.9 Å². The van der Waals surface area contributed by atoms with Crippen LogP contribution in [0.15, 0.2) is 12.2 Å². The van der Waals surface area contributed by atoms with Gasteiger partial charge in [-0.2, -0.15) is 0 Å². The number of hydrogen-bond acceptors (Lipinski definition) is 6. The second-order valence-electron chi connectivity index (χ2n) is 5.19. The van der Waals surface area contributed by atoms with Gasteiger partial charge in [0.25, 0.3) is 0 Å². The first-order valence-electron chi connectivity index (χ1n) is 6.69. The molecule has 0 radical (unpaired) electrons. The lowest BCUT2D eigenvalue weighted by atomic mass is 9.74. The number of hydrogen-bond donors (Lipinski definition) is 2. The zero-order chi connectivity index (χ0) is 16.9. The minimum Gasteiger partial charge on any atom is -0.481 e. The van der Waals surface area contributed by atoms with Crippen LogP contribution in [0, 0.1) is 17.8 Å². The van der Waals surface area contributed by atoms with Gasteiger partial charge < -0.3 is 19.7 Å². The Morgan fingerprint density at radius 2 is 1.64 bits per heavy atom. The highest BCUT2D eigenvalue weighted by Gasteiger charge is 2.42. The van der Waals surface area contributed by atoms with Crippen molar-refractivity contribution in [3.05, 3.63) is 12.2 Å². The average Bonchev–Trinajstić information content (AvgIpc) is 2.45. The number of carboxylic acids is 2. The van der Waals surface area contributed by atoms with E-state index in [9.17, 15) is 19.2 Å². The Bertz CT molecular complexity index is 495. The minimum atomic E-state index is -1.25. The van der Waals surface area contributed by atoms with Crippen LogP contribution in [0.4, 0.5) is 0 Å². The van der Waals surface area contributed by atoms with Gasteiger partial charge in [0.15, 0.2) is 0 Å². The van der Waals surface area contributed by atoms with Gasteiger partial charge in [0.05, 0.1) is 17.8 Å². The highest BCUT2D eigenvalue weighted by Crippen LogP contribution is 2.35. The molecule has 1 aliphatic rings. The minimum absolute atomic E-state index is 0.0810. The van der Waals surface area contributed by atoms with Gasteiger partial charge in [0, 0.05) is 5.57 Å². The lowest BCUT2D eigenvalue weighted by Crippen LogP contribution is -2.38. The van der Waals surface area contributed by atoms with Crippen molar-refractivity contribution in [1.29, 1.82) is 0 Å².